The highest BCUT2D eigenvalue weighted by Crippen LogP contribution is 2.35. The molecule has 1 fully saturated rings. The standard InChI is InChI=1S/C32H30F3N7O2/c1-20-5-6-21(16-27(20)44-31-28-26(9-11-37-28)39-29(40-31)22-4-3-10-36-18-22)30(43)38-24-8-7-23(25(17-24)32(33,34)35)19-42-14-12-41(2)13-15-42/h3-11,16-18,37H,12-15,19H2,1-2H3,(H,38,43). The quantitative estimate of drug-likeness (QED) is 0.231. The summed E-state index contributed by atoms with van der Waals surface area (Å²) in [5, 5.41) is 2.62. The highest BCUT2D eigenvalue weighted by atomic mass is 19.4. The normalized spacial score (nSPS) is 14.6. The number of hydrogen-bond donors (Lipinski definition) is 2. The molecule has 6 rings (SSSR count). The summed E-state index contributed by atoms with van der Waals surface area (Å²) in [6.07, 6.45) is 0.462. The van der Waals surface area contributed by atoms with Crippen LogP contribution >= 0.6 is 0 Å². The zero-order valence-corrected chi connectivity index (χ0v) is 24.2. The second kappa shape index (κ2) is 12.1. The van der Waals surface area contributed by atoms with E-state index in [4.69, 9.17) is 4.74 Å². The maximum atomic E-state index is 14.1. The number of likely N-dealkylation sites (N-methyl/N-ethyl adjacent to an activating group) is 1. The minimum atomic E-state index is -4.57. The molecule has 1 amide bonds. The number of fused-ring (bicyclic) bond motifs is 1. The smallest absolute Gasteiger partial charge is 0.416 e. The summed E-state index contributed by atoms with van der Waals surface area (Å²) in [6, 6.07) is 14.2. The van der Waals surface area contributed by atoms with E-state index in [0.717, 1.165) is 24.7 Å². The molecular formula is C32H30F3N7O2. The minimum Gasteiger partial charge on any atom is -0.437 e. The van der Waals surface area contributed by atoms with Gasteiger partial charge in [-0.25, -0.2) is 4.98 Å². The van der Waals surface area contributed by atoms with Crippen LogP contribution in [0, 0.1) is 6.92 Å². The van der Waals surface area contributed by atoms with Crippen LogP contribution in [0.5, 0.6) is 11.6 Å². The third kappa shape index (κ3) is 6.41. The molecule has 3 aromatic heterocycles. The van der Waals surface area contributed by atoms with E-state index in [9.17, 15) is 18.0 Å². The van der Waals surface area contributed by atoms with Gasteiger partial charge < -0.3 is 19.9 Å². The summed E-state index contributed by atoms with van der Waals surface area (Å²) < 4.78 is 48.4. The number of carbonyl (C=O) groups excluding carboxylic acids is 1. The first-order chi connectivity index (χ1) is 21.1. The van der Waals surface area contributed by atoms with Gasteiger partial charge in [0.25, 0.3) is 5.91 Å². The molecule has 9 nitrogen and oxygen atoms in total. The van der Waals surface area contributed by atoms with Crippen LogP contribution in [-0.4, -0.2) is 68.9 Å². The molecule has 0 bridgehead atoms. The third-order valence-electron chi connectivity index (χ3n) is 7.61. The fourth-order valence-electron chi connectivity index (χ4n) is 5.08. The van der Waals surface area contributed by atoms with Crippen molar-refractivity contribution in [1.82, 2.24) is 29.7 Å². The second-order valence-corrected chi connectivity index (χ2v) is 10.8. The molecule has 1 saturated heterocycles. The van der Waals surface area contributed by atoms with Gasteiger partial charge in [0.1, 0.15) is 11.3 Å². The number of pyridine rings is 1. The molecule has 0 atom stereocenters. The highest BCUT2D eigenvalue weighted by Gasteiger charge is 2.34. The van der Waals surface area contributed by atoms with E-state index in [1.165, 1.54) is 18.2 Å². The third-order valence-corrected chi connectivity index (χ3v) is 7.61. The maximum absolute atomic E-state index is 14.1. The molecule has 1 aliphatic rings. The molecule has 2 N–H and O–H groups in total. The van der Waals surface area contributed by atoms with Crippen LogP contribution in [0.2, 0.25) is 0 Å². The number of benzene rings is 2. The number of carbonyl (C=O) groups is 1. The molecule has 0 aliphatic carbocycles. The number of nitrogens with one attached hydrogen (secondary N) is 2. The Kier molecular flexibility index (Phi) is 8.02. The van der Waals surface area contributed by atoms with Gasteiger partial charge in [-0.2, -0.15) is 18.2 Å². The SMILES string of the molecule is Cc1ccc(C(=O)Nc2ccc(CN3CCN(C)CC3)c(C(F)(F)F)c2)cc1Oc1nc(-c2cccnc2)nc2cc[nH]c12. The number of ether oxygens (including phenoxy) is 1. The van der Waals surface area contributed by atoms with Crippen molar-refractivity contribution in [2.75, 3.05) is 38.5 Å². The minimum absolute atomic E-state index is 0.0532. The molecule has 4 heterocycles. The Balaban J connectivity index is 1.24. The Morgan fingerprint density at radius 2 is 1.86 bits per heavy atom. The zero-order chi connectivity index (χ0) is 30.8. The summed E-state index contributed by atoms with van der Waals surface area (Å²) in [6.45, 7) is 5.00. The first-order valence-electron chi connectivity index (χ1n) is 14.1. The number of piperazine rings is 1. The van der Waals surface area contributed by atoms with Crippen molar-refractivity contribution in [2.45, 2.75) is 19.6 Å². The van der Waals surface area contributed by atoms with E-state index in [2.05, 4.69) is 30.2 Å². The fourth-order valence-corrected chi connectivity index (χ4v) is 5.08. The van der Waals surface area contributed by atoms with E-state index < -0.39 is 17.6 Å². The molecule has 0 radical (unpaired) electrons. The van der Waals surface area contributed by atoms with Crippen LogP contribution < -0.4 is 10.1 Å². The number of aromatic amines is 1. The Hall–Kier alpha value is -4.81. The second-order valence-electron chi connectivity index (χ2n) is 10.8. The number of halogens is 3. The fraction of sp³-hybridized carbons (Fsp3) is 0.250. The number of rotatable bonds is 7. The number of nitrogens with zero attached hydrogens (tertiary/aromatic N) is 5. The van der Waals surface area contributed by atoms with E-state index in [-0.39, 0.29) is 29.2 Å². The van der Waals surface area contributed by atoms with Crippen LogP contribution in [0.4, 0.5) is 18.9 Å². The molecule has 44 heavy (non-hydrogen) atoms. The lowest BCUT2D eigenvalue weighted by molar-refractivity contribution is -0.138. The number of alkyl halides is 3. The molecule has 0 saturated carbocycles. The van der Waals surface area contributed by atoms with Crippen LogP contribution in [0.3, 0.4) is 0 Å². The topological polar surface area (TPSA) is 99.3 Å². The number of anilines is 1. The summed E-state index contributed by atoms with van der Waals surface area (Å²) in [5.74, 6) is 0.468. The first kappa shape index (κ1) is 29.3. The number of aromatic nitrogens is 4. The van der Waals surface area contributed by atoms with Gasteiger partial charge in [-0.15, -0.1) is 0 Å². The summed E-state index contributed by atoms with van der Waals surface area (Å²) in [5.41, 5.74) is 2.33. The number of H-pyrrole nitrogens is 1. The number of hydrogen-bond acceptors (Lipinski definition) is 7. The van der Waals surface area contributed by atoms with Gasteiger partial charge in [0.15, 0.2) is 5.82 Å². The number of aryl methyl sites for hydroxylation is 1. The van der Waals surface area contributed by atoms with Crippen LogP contribution in [0.1, 0.15) is 27.0 Å². The lowest BCUT2D eigenvalue weighted by Crippen LogP contribution is -2.44. The van der Waals surface area contributed by atoms with Crippen molar-refractivity contribution >= 4 is 22.6 Å². The van der Waals surface area contributed by atoms with Gasteiger partial charge in [-0.05, 0) is 67.6 Å². The molecule has 0 unspecified atom stereocenters. The van der Waals surface area contributed by atoms with Gasteiger partial charge in [0, 0.05) is 68.1 Å². The maximum Gasteiger partial charge on any atom is 0.416 e. The average Bonchev–Trinajstić information content (AvgIpc) is 3.49. The predicted octanol–water partition coefficient (Wildman–Crippen LogP) is 6.14. The van der Waals surface area contributed by atoms with Crippen molar-refractivity contribution < 1.29 is 22.7 Å². The molecule has 2 aromatic carbocycles. The van der Waals surface area contributed by atoms with Gasteiger partial charge in [-0.1, -0.05) is 12.1 Å². The summed E-state index contributed by atoms with van der Waals surface area (Å²) in [7, 11) is 2.00. The number of amides is 1. The summed E-state index contributed by atoms with van der Waals surface area (Å²) >= 11 is 0. The van der Waals surface area contributed by atoms with Crippen LogP contribution in [-0.2, 0) is 12.7 Å². The monoisotopic (exact) mass is 601 g/mol. The van der Waals surface area contributed by atoms with E-state index >= 15 is 0 Å². The lowest BCUT2D eigenvalue weighted by Gasteiger charge is -2.33. The average molecular weight is 602 g/mol. The van der Waals surface area contributed by atoms with Crippen molar-refractivity contribution in [3.8, 4) is 23.0 Å². The van der Waals surface area contributed by atoms with E-state index in [1.807, 2.05) is 24.9 Å². The van der Waals surface area contributed by atoms with E-state index in [0.29, 0.717) is 41.3 Å². The molecule has 5 aromatic rings. The molecule has 12 heteroatoms. The lowest BCUT2D eigenvalue weighted by atomic mass is 10.0. The van der Waals surface area contributed by atoms with Gasteiger partial charge >= 0.3 is 6.18 Å². The largest absolute Gasteiger partial charge is 0.437 e. The van der Waals surface area contributed by atoms with Crippen LogP contribution in [0.15, 0.2) is 73.2 Å². The Morgan fingerprint density at radius 1 is 1.05 bits per heavy atom. The Bertz CT molecular complexity index is 1800. The summed E-state index contributed by atoms with van der Waals surface area (Å²) in [4.78, 5) is 33.8. The van der Waals surface area contributed by atoms with Crippen molar-refractivity contribution in [3.05, 3.63) is 95.4 Å². The van der Waals surface area contributed by atoms with Crippen LogP contribution in [0.25, 0.3) is 22.4 Å². The molecule has 226 valence electrons. The highest BCUT2D eigenvalue weighted by molar-refractivity contribution is 6.04. The van der Waals surface area contributed by atoms with Crippen molar-refractivity contribution in [1.29, 1.82) is 0 Å². The van der Waals surface area contributed by atoms with Gasteiger partial charge in [0.2, 0.25) is 5.88 Å². The van der Waals surface area contributed by atoms with Crippen molar-refractivity contribution in [3.63, 3.8) is 0 Å². The Morgan fingerprint density at radius 3 is 2.61 bits per heavy atom. The van der Waals surface area contributed by atoms with Gasteiger partial charge in [-0.3, -0.25) is 14.7 Å². The van der Waals surface area contributed by atoms with E-state index in [1.54, 1.807) is 42.9 Å². The van der Waals surface area contributed by atoms with Crippen molar-refractivity contribution in [2.24, 2.45) is 0 Å². The molecule has 1 aliphatic heterocycles. The van der Waals surface area contributed by atoms with Gasteiger partial charge in [0.05, 0.1) is 11.1 Å². The first-order valence-corrected chi connectivity index (χ1v) is 14.1. The Labute approximate surface area is 251 Å². The molecule has 0 spiro atoms. The molecular weight excluding hydrogens is 571 g/mol. The predicted molar refractivity (Wildman–Crippen MR) is 161 cm³/mol. The zero-order valence-electron chi connectivity index (χ0n) is 24.2.